The lowest BCUT2D eigenvalue weighted by Gasteiger charge is -2.32. The third-order valence-electron chi connectivity index (χ3n) is 4.46. The maximum atomic E-state index is 11.2. The lowest BCUT2D eigenvalue weighted by molar-refractivity contribution is -0.0205. The van der Waals surface area contributed by atoms with Crippen LogP contribution in [0.3, 0.4) is 0 Å². The standard InChI is InChI=1S/C16H22N2O3/c1-11-8-12(2-3-14(11)15(17)19)21-13-9-16(20-10-13)4-6-18-7-5-16/h2-3,8,13,18H,4-7,9-10H2,1H3,(H2,17,19). The van der Waals surface area contributed by atoms with Gasteiger partial charge in [0.25, 0.3) is 0 Å². The summed E-state index contributed by atoms with van der Waals surface area (Å²) >= 11 is 0. The molecule has 5 heteroatoms. The molecule has 2 heterocycles. The maximum Gasteiger partial charge on any atom is 0.248 e. The Hall–Kier alpha value is -1.59. The molecule has 0 aliphatic carbocycles. The molecule has 0 saturated carbocycles. The highest BCUT2D eigenvalue weighted by Crippen LogP contribution is 2.35. The smallest absolute Gasteiger partial charge is 0.248 e. The van der Waals surface area contributed by atoms with E-state index in [1.165, 1.54) is 0 Å². The Morgan fingerprint density at radius 1 is 1.43 bits per heavy atom. The van der Waals surface area contributed by atoms with E-state index in [0.29, 0.717) is 12.2 Å². The van der Waals surface area contributed by atoms with Crippen molar-refractivity contribution in [3.63, 3.8) is 0 Å². The van der Waals surface area contributed by atoms with E-state index in [0.717, 1.165) is 43.7 Å². The van der Waals surface area contributed by atoms with Crippen molar-refractivity contribution in [3.05, 3.63) is 29.3 Å². The molecule has 2 aliphatic heterocycles. The molecule has 5 nitrogen and oxygen atoms in total. The van der Waals surface area contributed by atoms with Crippen LogP contribution < -0.4 is 15.8 Å². The van der Waals surface area contributed by atoms with Crippen molar-refractivity contribution in [1.82, 2.24) is 5.32 Å². The second kappa shape index (κ2) is 5.66. The molecule has 1 aromatic carbocycles. The van der Waals surface area contributed by atoms with Gasteiger partial charge in [-0.1, -0.05) is 0 Å². The Morgan fingerprint density at radius 2 is 2.19 bits per heavy atom. The second-order valence-electron chi connectivity index (χ2n) is 6.03. The summed E-state index contributed by atoms with van der Waals surface area (Å²) in [6, 6.07) is 5.40. The Morgan fingerprint density at radius 3 is 2.86 bits per heavy atom. The lowest BCUT2D eigenvalue weighted by atomic mass is 9.89. The molecular weight excluding hydrogens is 268 g/mol. The molecule has 0 aromatic heterocycles. The number of nitrogens with two attached hydrogens (primary N) is 1. The highest BCUT2D eigenvalue weighted by Gasteiger charge is 2.42. The van der Waals surface area contributed by atoms with Gasteiger partial charge in [0.2, 0.25) is 5.91 Å². The molecule has 3 rings (SSSR count). The third kappa shape index (κ3) is 3.04. The summed E-state index contributed by atoms with van der Waals surface area (Å²) in [6.45, 7) is 4.53. The van der Waals surface area contributed by atoms with Crippen LogP contribution in [0, 0.1) is 6.92 Å². The Kier molecular flexibility index (Phi) is 3.87. The van der Waals surface area contributed by atoms with Crippen LogP contribution in [0.5, 0.6) is 5.75 Å². The first-order valence-corrected chi connectivity index (χ1v) is 7.50. The van der Waals surface area contributed by atoms with Crippen molar-refractivity contribution in [3.8, 4) is 5.75 Å². The molecule has 2 fully saturated rings. The normalized spacial score (nSPS) is 24.1. The van der Waals surface area contributed by atoms with Crippen molar-refractivity contribution in [2.24, 2.45) is 5.73 Å². The first kappa shape index (κ1) is 14.4. The van der Waals surface area contributed by atoms with E-state index in [2.05, 4.69) is 5.32 Å². The highest BCUT2D eigenvalue weighted by atomic mass is 16.6. The molecule has 1 unspecified atom stereocenters. The number of primary amides is 1. The van der Waals surface area contributed by atoms with Gasteiger partial charge in [-0.05, 0) is 56.6 Å². The topological polar surface area (TPSA) is 73.6 Å². The fourth-order valence-corrected chi connectivity index (χ4v) is 3.29. The van der Waals surface area contributed by atoms with Gasteiger partial charge in [0.1, 0.15) is 11.9 Å². The highest BCUT2D eigenvalue weighted by molar-refractivity contribution is 5.94. The third-order valence-corrected chi connectivity index (χ3v) is 4.46. The molecule has 2 aliphatic rings. The van der Waals surface area contributed by atoms with Gasteiger partial charge >= 0.3 is 0 Å². The fraction of sp³-hybridized carbons (Fsp3) is 0.562. The van der Waals surface area contributed by atoms with Crippen LogP contribution in [-0.4, -0.2) is 37.3 Å². The Bertz CT molecular complexity index is 538. The van der Waals surface area contributed by atoms with E-state index in [9.17, 15) is 4.79 Å². The zero-order valence-electron chi connectivity index (χ0n) is 12.4. The molecule has 21 heavy (non-hydrogen) atoms. The van der Waals surface area contributed by atoms with E-state index in [1.54, 1.807) is 12.1 Å². The van der Waals surface area contributed by atoms with Crippen LogP contribution in [0.15, 0.2) is 18.2 Å². The molecular formula is C16H22N2O3. The van der Waals surface area contributed by atoms with Gasteiger partial charge in [-0.15, -0.1) is 0 Å². The van der Waals surface area contributed by atoms with Gasteiger partial charge in [-0.2, -0.15) is 0 Å². The molecule has 1 spiro atoms. The summed E-state index contributed by atoms with van der Waals surface area (Å²) in [5.41, 5.74) is 6.70. The quantitative estimate of drug-likeness (QED) is 0.882. The molecule has 0 bridgehead atoms. The molecule has 1 atom stereocenters. The minimum atomic E-state index is -0.406. The number of benzene rings is 1. The first-order valence-electron chi connectivity index (χ1n) is 7.50. The van der Waals surface area contributed by atoms with Crippen LogP contribution in [0.25, 0.3) is 0 Å². The number of ether oxygens (including phenoxy) is 2. The molecule has 1 amide bonds. The number of amides is 1. The van der Waals surface area contributed by atoms with E-state index in [-0.39, 0.29) is 11.7 Å². The molecule has 114 valence electrons. The molecule has 0 radical (unpaired) electrons. The van der Waals surface area contributed by atoms with Crippen molar-refractivity contribution >= 4 is 5.91 Å². The summed E-state index contributed by atoms with van der Waals surface area (Å²) in [4.78, 5) is 11.2. The fourth-order valence-electron chi connectivity index (χ4n) is 3.29. The molecule has 3 N–H and O–H groups in total. The predicted octanol–water partition coefficient (Wildman–Crippen LogP) is 1.38. The predicted molar refractivity (Wildman–Crippen MR) is 79.5 cm³/mol. The van der Waals surface area contributed by atoms with Crippen molar-refractivity contribution < 1.29 is 14.3 Å². The van der Waals surface area contributed by atoms with Gasteiger partial charge in [0, 0.05) is 12.0 Å². The summed E-state index contributed by atoms with van der Waals surface area (Å²) in [7, 11) is 0. The van der Waals surface area contributed by atoms with E-state index >= 15 is 0 Å². The number of carbonyl (C=O) groups excluding carboxylic acids is 1. The van der Waals surface area contributed by atoms with Crippen LogP contribution >= 0.6 is 0 Å². The van der Waals surface area contributed by atoms with Gasteiger partial charge in [-0.25, -0.2) is 0 Å². The number of nitrogens with one attached hydrogen (secondary N) is 1. The van der Waals surface area contributed by atoms with Crippen LogP contribution in [0.2, 0.25) is 0 Å². The second-order valence-corrected chi connectivity index (χ2v) is 6.03. The van der Waals surface area contributed by atoms with E-state index in [1.807, 2.05) is 13.0 Å². The summed E-state index contributed by atoms with van der Waals surface area (Å²) < 4.78 is 12.0. The van der Waals surface area contributed by atoms with Crippen LogP contribution in [0.4, 0.5) is 0 Å². The zero-order chi connectivity index (χ0) is 14.9. The number of rotatable bonds is 3. The monoisotopic (exact) mass is 290 g/mol. The molecule has 1 aromatic rings. The number of carbonyl (C=O) groups is 1. The number of piperidine rings is 1. The lowest BCUT2D eigenvalue weighted by Crippen LogP contribution is -2.41. The maximum absolute atomic E-state index is 11.2. The van der Waals surface area contributed by atoms with E-state index < -0.39 is 5.91 Å². The Balaban J connectivity index is 1.65. The van der Waals surface area contributed by atoms with Crippen LogP contribution in [-0.2, 0) is 4.74 Å². The summed E-state index contributed by atoms with van der Waals surface area (Å²) in [5.74, 6) is 0.369. The summed E-state index contributed by atoms with van der Waals surface area (Å²) in [5, 5.41) is 3.36. The SMILES string of the molecule is Cc1cc(OC2COC3(CCNCC3)C2)ccc1C(N)=O. The van der Waals surface area contributed by atoms with Crippen molar-refractivity contribution in [2.45, 2.75) is 37.9 Å². The van der Waals surface area contributed by atoms with Gasteiger partial charge < -0.3 is 20.5 Å². The molecule has 2 saturated heterocycles. The minimum absolute atomic E-state index is 0.00186. The Labute approximate surface area is 124 Å². The van der Waals surface area contributed by atoms with Crippen molar-refractivity contribution in [2.75, 3.05) is 19.7 Å². The van der Waals surface area contributed by atoms with Crippen LogP contribution in [0.1, 0.15) is 35.2 Å². The average molecular weight is 290 g/mol. The van der Waals surface area contributed by atoms with Crippen molar-refractivity contribution in [1.29, 1.82) is 0 Å². The largest absolute Gasteiger partial charge is 0.488 e. The number of hydrogen-bond acceptors (Lipinski definition) is 4. The van der Waals surface area contributed by atoms with Gasteiger partial charge in [0.15, 0.2) is 0 Å². The number of hydrogen-bond donors (Lipinski definition) is 2. The van der Waals surface area contributed by atoms with Gasteiger partial charge in [0.05, 0.1) is 12.2 Å². The first-order chi connectivity index (χ1) is 10.1. The van der Waals surface area contributed by atoms with E-state index in [4.69, 9.17) is 15.2 Å². The summed E-state index contributed by atoms with van der Waals surface area (Å²) in [6.07, 6.45) is 3.12. The zero-order valence-corrected chi connectivity index (χ0v) is 12.4. The minimum Gasteiger partial charge on any atom is -0.488 e. The average Bonchev–Trinajstić information content (AvgIpc) is 2.82. The van der Waals surface area contributed by atoms with Gasteiger partial charge in [-0.3, -0.25) is 4.79 Å². The number of aryl methyl sites for hydroxylation is 1.